The lowest BCUT2D eigenvalue weighted by Gasteiger charge is -2.03. The summed E-state index contributed by atoms with van der Waals surface area (Å²) >= 11 is 0. The first-order chi connectivity index (χ1) is 7.09. The van der Waals surface area contributed by atoms with E-state index in [4.69, 9.17) is 5.73 Å². The Balaban J connectivity index is 2.91. The number of pyridine rings is 1. The fourth-order valence-electron chi connectivity index (χ4n) is 1.61. The summed E-state index contributed by atoms with van der Waals surface area (Å²) in [7, 11) is 0. The number of nitro benzene ring substituents is 1. The average Bonchev–Trinajstić information content (AvgIpc) is 2.16. The van der Waals surface area contributed by atoms with Crippen LogP contribution in [0.3, 0.4) is 0 Å². The number of anilines is 1. The van der Waals surface area contributed by atoms with Gasteiger partial charge in [-0.1, -0.05) is 12.1 Å². The highest BCUT2D eigenvalue weighted by molar-refractivity contribution is 5.93. The average molecular weight is 203 g/mol. The van der Waals surface area contributed by atoms with E-state index in [1.165, 1.54) is 12.1 Å². The maximum absolute atomic E-state index is 10.8. The zero-order valence-electron chi connectivity index (χ0n) is 8.10. The Labute approximate surface area is 85.7 Å². The monoisotopic (exact) mass is 203 g/mol. The summed E-state index contributed by atoms with van der Waals surface area (Å²) in [4.78, 5) is 14.4. The van der Waals surface area contributed by atoms with Gasteiger partial charge in [0, 0.05) is 17.1 Å². The molecule has 2 rings (SSSR count). The lowest BCUT2D eigenvalue weighted by Crippen LogP contribution is -1.96. The van der Waals surface area contributed by atoms with E-state index in [-0.39, 0.29) is 5.69 Å². The van der Waals surface area contributed by atoms with Gasteiger partial charge in [0.25, 0.3) is 5.69 Å². The normalized spacial score (nSPS) is 10.5. The molecule has 0 saturated heterocycles. The molecule has 15 heavy (non-hydrogen) atoms. The van der Waals surface area contributed by atoms with Crippen LogP contribution in [0, 0.1) is 17.0 Å². The second kappa shape index (κ2) is 3.20. The van der Waals surface area contributed by atoms with Gasteiger partial charge in [0.05, 0.1) is 10.3 Å². The Kier molecular flexibility index (Phi) is 2.00. The number of aromatic nitrogens is 1. The summed E-state index contributed by atoms with van der Waals surface area (Å²) in [6.07, 6.45) is 0. The molecule has 0 atom stereocenters. The summed E-state index contributed by atoms with van der Waals surface area (Å²) in [5.41, 5.74) is 6.32. The summed E-state index contributed by atoms with van der Waals surface area (Å²) in [6.45, 7) is 1.78. The number of aryl methyl sites for hydroxylation is 1. The van der Waals surface area contributed by atoms with Crippen molar-refractivity contribution in [3.8, 4) is 0 Å². The van der Waals surface area contributed by atoms with Crippen molar-refractivity contribution in [2.45, 2.75) is 6.92 Å². The standard InChI is InChI=1S/C10H9N3O2/c1-6-7-3-2-4-9(13(14)15)8(7)5-10(11)12-6/h2-5H,1H3,(H2,11,12). The molecule has 2 aromatic rings. The molecule has 0 aliphatic carbocycles. The van der Waals surface area contributed by atoms with Crippen LogP contribution in [0.15, 0.2) is 24.3 Å². The topological polar surface area (TPSA) is 82.0 Å². The van der Waals surface area contributed by atoms with E-state index in [1.807, 2.05) is 0 Å². The van der Waals surface area contributed by atoms with Crippen molar-refractivity contribution in [1.29, 1.82) is 0 Å². The molecule has 0 unspecified atom stereocenters. The maximum Gasteiger partial charge on any atom is 0.277 e. The van der Waals surface area contributed by atoms with Crippen LogP contribution in [0.2, 0.25) is 0 Å². The third kappa shape index (κ3) is 1.48. The molecule has 0 bridgehead atoms. The smallest absolute Gasteiger partial charge is 0.277 e. The molecule has 5 heteroatoms. The fraction of sp³-hybridized carbons (Fsp3) is 0.100. The minimum Gasteiger partial charge on any atom is -0.384 e. The second-order valence-corrected chi connectivity index (χ2v) is 3.26. The van der Waals surface area contributed by atoms with Gasteiger partial charge in [0.1, 0.15) is 5.82 Å². The van der Waals surface area contributed by atoms with E-state index < -0.39 is 4.92 Å². The number of benzene rings is 1. The molecule has 0 amide bonds. The van der Waals surface area contributed by atoms with E-state index in [9.17, 15) is 10.1 Å². The van der Waals surface area contributed by atoms with Crippen molar-refractivity contribution >= 4 is 22.3 Å². The third-order valence-electron chi connectivity index (χ3n) is 2.26. The van der Waals surface area contributed by atoms with E-state index in [2.05, 4.69) is 4.98 Å². The van der Waals surface area contributed by atoms with Gasteiger partial charge in [0.2, 0.25) is 0 Å². The molecule has 0 saturated carbocycles. The highest BCUT2D eigenvalue weighted by Crippen LogP contribution is 2.27. The van der Waals surface area contributed by atoms with E-state index in [0.29, 0.717) is 16.9 Å². The first kappa shape index (κ1) is 9.39. The van der Waals surface area contributed by atoms with Gasteiger partial charge in [-0.2, -0.15) is 0 Å². The lowest BCUT2D eigenvalue weighted by atomic mass is 10.1. The Hall–Kier alpha value is -2.17. The fourth-order valence-corrected chi connectivity index (χ4v) is 1.61. The van der Waals surface area contributed by atoms with Crippen LogP contribution in [0.5, 0.6) is 0 Å². The Morgan fingerprint density at radius 2 is 2.13 bits per heavy atom. The number of nitrogens with zero attached hydrogens (tertiary/aromatic N) is 2. The molecule has 76 valence electrons. The minimum atomic E-state index is -0.415. The van der Waals surface area contributed by atoms with E-state index >= 15 is 0 Å². The predicted octanol–water partition coefficient (Wildman–Crippen LogP) is 2.03. The molecule has 5 nitrogen and oxygen atoms in total. The van der Waals surface area contributed by atoms with Crippen LogP contribution in [-0.2, 0) is 0 Å². The molecule has 0 spiro atoms. The molecule has 0 aliphatic rings. The Morgan fingerprint density at radius 1 is 1.40 bits per heavy atom. The van der Waals surface area contributed by atoms with Crippen molar-refractivity contribution in [3.63, 3.8) is 0 Å². The zero-order valence-corrected chi connectivity index (χ0v) is 8.10. The number of hydrogen-bond acceptors (Lipinski definition) is 4. The number of nitro groups is 1. The minimum absolute atomic E-state index is 0.0599. The first-order valence-electron chi connectivity index (χ1n) is 4.40. The van der Waals surface area contributed by atoms with Gasteiger partial charge < -0.3 is 5.73 Å². The molecule has 0 radical (unpaired) electrons. The van der Waals surface area contributed by atoms with Crippen molar-refractivity contribution in [3.05, 3.63) is 40.1 Å². The lowest BCUT2D eigenvalue weighted by molar-refractivity contribution is -0.383. The summed E-state index contributed by atoms with van der Waals surface area (Å²) < 4.78 is 0. The number of nitrogens with two attached hydrogens (primary N) is 1. The highest BCUT2D eigenvalue weighted by Gasteiger charge is 2.13. The van der Waals surface area contributed by atoms with Gasteiger partial charge >= 0.3 is 0 Å². The third-order valence-corrected chi connectivity index (χ3v) is 2.26. The van der Waals surface area contributed by atoms with Crippen LogP contribution >= 0.6 is 0 Å². The van der Waals surface area contributed by atoms with Crippen molar-refractivity contribution in [2.75, 3.05) is 5.73 Å². The zero-order chi connectivity index (χ0) is 11.0. The Morgan fingerprint density at radius 3 is 2.80 bits per heavy atom. The van der Waals surface area contributed by atoms with Crippen LogP contribution < -0.4 is 5.73 Å². The van der Waals surface area contributed by atoms with E-state index in [1.54, 1.807) is 19.1 Å². The number of nitrogen functional groups attached to an aromatic ring is 1. The molecule has 2 N–H and O–H groups in total. The van der Waals surface area contributed by atoms with Gasteiger partial charge in [-0.3, -0.25) is 10.1 Å². The number of rotatable bonds is 1. The molecular weight excluding hydrogens is 194 g/mol. The molecule has 1 aromatic heterocycles. The van der Waals surface area contributed by atoms with Gasteiger partial charge in [-0.05, 0) is 13.0 Å². The van der Waals surface area contributed by atoms with Crippen LogP contribution in [-0.4, -0.2) is 9.91 Å². The quantitative estimate of drug-likeness (QED) is 0.567. The maximum atomic E-state index is 10.8. The number of non-ortho nitro benzene ring substituents is 1. The van der Waals surface area contributed by atoms with Crippen molar-refractivity contribution < 1.29 is 4.92 Å². The second-order valence-electron chi connectivity index (χ2n) is 3.26. The summed E-state index contributed by atoms with van der Waals surface area (Å²) in [5.74, 6) is 0.300. The molecule has 1 heterocycles. The van der Waals surface area contributed by atoms with Gasteiger partial charge in [-0.25, -0.2) is 4.98 Å². The predicted molar refractivity (Wildman–Crippen MR) is 57.5 cm³/mol. The van der Waals surface area contributed by atoms with Crippen LogP contribution in [0.25, 0.3) is 10.8 Å². The molecular formula is C10H9N3O2. The van der Waals surface area contributed by atoms with E-state index in [0.717, 1.165) is 5.39 Å². The SMILES string of the molecule is Cc1nc(N)cc2c([N+](=O)[O-])cccc12. The largest absolute Gasteiger partial charge is 0.384 e. The van der Waals surface area contributed by atoms with Gasteiger partial charge in [-0.15, -0.1) is 0 Å². The van der Waals surface area contributed by atoms with Crippen molar-refractivity contribution in [1.82, 2.24) is 4.98 Å². The number of fused-ring (bicyclic) bond motifs is 1. The Bertz CT molecular complexity index is 552. The van der Waals surface area contributed by atoms with Crippen molar-refractivity contribution in [2.24, 2.45) is 0 Å². The summed E-state index contributed by atoms with van der Waals surface area (Å²) in [5, 5.41) is 12.1. The number of hydrogen-bond donors (Lipinski definition) is 1. The van der Waals surface area contributed by atoms with Gasteiger partial charge in [0.15, 0.2) is 0 Å². The highest BCUT2D eigenvalue weighted by atomic mass is 16.6. The first-order valence-corrected chi connectivity index (χ1v) is 4.40. The summed E-state index contributed by atoms with van der Waals surface area (Å²) in [6, 6.07) is 6.43. The van der Waals surface area contributed by atoms with Crippen LogP contribution in [0.4, 0.5) is 11.5 Å². The van der Waals surface area contributed by atoms with Crippen LogP contribution in [0.1, 0.15) is 5.69 Å². The molecule has 1 aromatic carbocycles. The molecule has 0 aliphatic heterocycles. The molecule has 0 fully saturated rings.